The zero-order valence-electron chi connectivity index (χ0n) is 29.8. The highest BCUT2D eigenvalue weighted by Gasteiger charge is 2.44. The van der Waals surface area contributed by atoms with Gasteiger partial charge in [0.15, 0.2) is 23.2 Å². The summed E-state index contributed by atoms with van der Waals surface area (Å²) in [7, 11) is 0. The number of nitro benzene ring substituents is 1. The molecule has 2 amide bonds. The molecule has 0 saturated carbocycles. The molecule has 4 heterocycles. The molecule has 2 fully saturated rings. The number of benzene rings is 4. The number of aromatic nitrogens is 4. The Morgan fingerprint density at radius 1 is 0.893 bits per heavy atom. The number of nitro groups is 1. The third-order valence-corrected chi connectivity index (χ3v) is 9.96. The van der Waals surface area contributed by atoms with Gasteiger partial charge >= 0.3 is 0 Å². The number of amides is 2. The quantitative estimate of drug-likeness (QED) is 0.0943. The number of nitrogens with one attached hydrogen (secondary N) is 3. The molecule has 4 aromatic carbocycles. The van der Waals surface area contributed by atoms with Gasteiger partial charge in [0.05, 0.1) is 35.8 Å². The van der Waals surface area contributed by atoms with Gasteiger partial charge in [0.2, 0.25) is 0 Å². The minimum absolute atomic E-state index is 0.147. The summed E-state index contributed by atoms with van der Waals surface area (Å²) in [6.07, 6.45) is -1.93. The van der Waals surface area contributed by atoms with E-state index in [1.54, 1.807) is 12.1 Å². The number of carbonyl (C=O) groups is 2. The molecule has 2 saturated heterocycles. The van der Waals surface area contributed by atoms with Crippen LogP contribution < -0.4 is 20.9 Å². The Morgan fingerprint density at radius 2 is 1.66 bits per heavy atom. The van der Waals surface area contributed by atoms with Gasteiger partial charge in [-0.25, -0.2) is 15.0 Å². The first-order valence-electron chi connectivity index (χ1n) is 18.0. The maximum Gasteiger partial charge on any atom is 0.269 e. The number of ether oxygens (including phenoxy) is 2. The number of morpholine rings is 1. The van der Waals surface area contributed by atoms with Crippen molar-refractivity contribution >= 4 is 56.6 Å². The van der Waals surface area contributed by atoms with Crippen LogP contribution in [0.15, 0.2) is 97.6 Å². The van der Waals surface area contributed by atoms with Crippen LogP contribution in [-0.4, -0.2) is 97.6 Å². The number of aliphatic hydroxyl groups excluding tert-OH is 2. The number of carbonyl (C=O) groups excluding carboxylic acids is 2. The highest BCUT2D eigenvalue weighted by molar-refractivity contribution is 6.07. The number of anilines is 3. The van der Waals surface area contributed by atoms with Crippen LogP contribution in [0.5, 0.6) is 0 Å². The van der Waals surface area contributed by atoms with Gasteiger partial charge in [0.25, 0.3) is 17.5 Å². The molecule has 8 rings (SSSR count). The summed E-state index contributed by atoms with van der Waals surface area (Å²) in [4.78, 5) is 52.6. The second-order valence-corrected chi connectivity index (χ2v) is 13.4. The lowest BCUT2D eigenvalue weighted by Crippen LogP contribution is -2.40. The Labute approximate surface area is 319 Å². The molecule has 5 N–H and O–H groups in total. The number of aliphatic hydroxyl groups is 2. The van der Waals surface area contributed by atoms with Crippen LogP contribution in [0.4, 0.5) is 22.9 Å². The zero-order chi connectivity index (χ0) is 38.8. The van der Waals surface area contributed by atoms with E-state index >= 15 is 0 Å². The summed E-state index contributed by atoms with van der Waals surface area (Å²) >= 11 is 0. The van der Waals surface area contributed by atoms with E-state index in [2.05, 4.69) is 49.1 Å². The van der Waals surface area contributed by atoms with Gasteiger partial charge < -0.3 is 40.5 Å². The minimum atomic E-state index is -1.37. The molecule has 0 spiro atoms. The summed E-state index contributed by atoms with van der Waals surface area (Å²) in [5.41, 5.74) is 3.20. The van der Waals surface area contributed by atoms with Crippen LogP contribution in [0.3, 0.4) is 0 Å². The molecule has 0 aliphatic carbocycles. The maximum atomic E-state index is 13.5. The topological polar surface area (TPSA) is 219 Å². The van der Waals surface area contributed by atoms with Gasteiger partial charge in [-0.2, -0.15) is 0 Å². The van der Waals surface area contributed by atoms with E-state index in [9.17, 15) is 29.9 Å². The van der Waals surface area contributed by atoms with E-state index in [0.717, 1.165) is 16.3 Å². The highest BCUT2D eigenvalue weighted by Crippen LogP contribution is 2.33. The van der Waals surface area contributed by atoms with Crippen LogP contribution in [0, 0.1) is 10.1 Å². The van der Waals surface area contributed by atoms with Crippen molar-refractivity contribution in [2.75, 3.05) is 48.4 Å². The minimum Gasteiger partial charge on any atom is -0.387 e. The van der Waals surface area contributed by atoms with Crippen molar-refractivity contribution in [2.24, 2.45) is 0 Å². The van der Waals surface area contributed by atoms with Crippen molar-refractivity contribution in [3.63, 3.8) is 0 Å². The SMILES string of the molecule is O=C(NC[C@H]1O[C@@H](n2cnc3c(NCc4cccc5ccccc45)ncnc32)[C@H](O)[C@@H]1O)c1ccc(N2CCOCC2)c(NC(=O)c2ccc([N+](=O)[O-])cc2)c1. The molecule has 56 heavy (non-hydrogen) atoms. The summed E-state index contributed by atoms with van der Waals surface area (Å²) in [5.74, 6) is -0.540. The molecule has 2 aliphatic heterocycles. The van der Waals surface area contributed by atoms with Gasteiger partial charge in [-0.05, 0) is 46.7 Å². The van der Waals surface area contributed by atoms with Gasteiger partial charge in [-0.1, -0.05) is 42.5 Å². The largest absolute Gasteiger partial charge is 0.387 e. The average Bonchev–Trinajstić information content (AvgIpc) is 3.79. The fourth-order valence-corrected chi connectivity index (χ4v) is 7.00. The molecular weight excluding hydrogens is 722 g/mol. The zero-order valence-corrected chi connectivity index (χ0v) is 29.8. The molecule has 17 nitrogen and oxygen atoms in total. The Hall–Kier alpha value is -6.53. The highest BCUT2D eigenvalue weighted by atomic mass is 16.6. The smallest absolute Gasteiger partial charge is 0.269 e. The van der Waals surface area contributed by atoms with Gasteiger partial charge in [-0.3, -0.25) is 24.3 Å². The Balaban J connectivity index is 0.952. The molecule has 286 valence electrons. The Bertz CT molecular complexity index is 2410. The molecule has 0 radical (unpaired) electrons. The van der Waals surface area contributed by atoms with Crippen molar-refractivity contribution in [1.29, 1.82) is 0 Å². The third kappa shape index (κ3) is 7.30. The lowest BCUT2D eigenvalue weighted by molar-refractivity contribution is -0.384. The molecular formula is C39H37N9O8. The lowest BCUT2D eigenvalue weighted by atomic mass is 10.0. The third-order valence-electron chi connectivity index (χ3n) is 9.96. The first kappa shape index (κ1) is 36.4. The molecule has 0 bridgehead atoms. The predicted octanol–water partition coefficient (Wildman–Crippen LogP) is 3.64. The van der Waals surface area contributed by atoms with Gasteiger partial charge in [0.1, 0.15) is 24.6 Å². The number of hydrogen-bond acceptors (Lipinski definition) is 13. The molecule has 6 aromatic rings. The standard InChI is InChI=1S/C39H37N9O8/c49-33-31(56-39(34(33)50)47-22-44-32-35(42-21-43-36(32)47)40-19-26-6-3-5-23-4-1-2-7-28(23)26)20-41-37(51)25-10-13-30(46-14-16-55-17-15-46)29(18-25)45-38(52)24-8-11-27(12-9-24)48(53)54/h1-13,18,21-22,31,33-34,39,49-50H,14-17,19-20H2,(H,41,51)(H,45,52)(H,40,42,43)/t31-,33-,34-,39-/m1/s1. The second-order valence-electron chi connectivity index (χ2n) is 13.4. The number of hydrogen-bond donors (Lipinski definition) is 5. The summed E-state index contributed by atoms with van der Waals surface area (Å²) < 4.78 is 13.1. The van der Waals surface area contributed by atoms with Gasteiger partial charge in [-0.15, -0.1) is 0 Å². The average molecular weight is 760 g/mol. The fourth-order valence-electron chi connectivity index (χ4n) is 7.00. The van der Waals surface area contributed by atoms with Crippen molar-refractivity contribution in [3.8, 4) is 0 Å². The van der Waals surface area contributed by atoms with Crippen molar-refractivity contribution in [3.05, 3.63) is 124 Å². The summed E-state index contributed by atoms with van der Waals surface area (Å²) in [6.45, 7) is 2.43. The Kier molecular flexibility index (Phi) is 10.2. The summed E-state index contributed by atoms with van der Waals surface area (Å²) in [6, 6.07) is 24.3. The van der Waals surface area contributed by atoms with E-state index < -0.39 is 41.3 Å². The fraction of sp³-hybridized carbons (Fsp3) is 0.256. The Morgan fingerprint density at radius 3 is 2.46 bits per heavy atom. The second kappa shape index (κ2) is 15.7. The molecule has 2 aliphatic rings. The van der Waals surface area contributed by atoms with Crippen LogP contribution in [-0.2, 0) is 16.0 Å². The van der Waals surface area contributed by atoms with E-state index in [4.69, 9.17) is 9.47 Å². The number of nitrogens with zero attached hydrogens (tertiary/aromatic N) is 6. The van der Waals surface area contributed by atoms with Crippen molar-refractivity contribution in [1.82, 2.24) is 24.8 Å². The lowest BCUT2D eigenvalue weighted by Gasteiger charge is -2.30. The number of imidazole rings is 1. The van der Waals surface area contributed by atoms with Crippen molar-refractivity contribution in [2.45, 2.75) is 31.1 Å². The monoisotopic (exact) mass is 759 g/mol. The molecule has 17 heteroatoms. The first-order valence-corrected chi connectivity index (χ1v) is 18.0. The number of fused-ring (bicyclic) bond motifs is 2. The van der Waals surface area contributed by atoms with E-state index in [1.807, 2.05) is 29.2 Å². The van der Waals surface area contributed by atoms with Crippen molar-refractivity contribution < 1.29 is 34.2 Å². The van der Waals surface area contributed by atoms with Gasteiger partial charge in [0, 0.05) is 49.4 Å². The molecule has 2 aromatic heterocycles. The maximum absolute atomic E-state index is 13.5. The van der Waals surface area contributed by atoms with Crippen LogP contribution >= 0.6 is 0 Å². The first-order chi connectivity index (χ1) is 27.2. The summed E-state index contributed by atoms with van der Waals surface area (Å²) in [5, 5.41) is 44.4. The molecule has 0 unspecified atom stereocenters. The predicted molar refractivity (Wildman–Crippen MR) is 205 cm³/mol. The van der Waals surface area contributed by atoms with Crippen LogP contribution in [0.1, 0.15) is 32.5 Å². The number of rotatable bonds is 11. The van der Waals surface area contributed by atoms with E-state index in [1.165, 1.54) is 47.6 Å². The van der Waals surface area contributed by atoms with E-state index in [-0.39, 0.29) is 23.4 Å². The normalized spacial score (nSPS) is 19.6. The van der Waals surface area contributed by atoms with Crippen LogP contribution in [0.25, 0.3) is 21.9 Å². The molecule has 4 atom stereocenters. The number of non-ortho nitro benzene ring substituents is 1. The van der Waals surface area contributed by atoms with Crippen LogP contribution in [0.2, 0.25) is 0 Å². The van der Waals surface area contributed by atoms with E-state index in [0.29, 0.717) is 61.2 Å².